The lowest BCUT2D eigenvalue weighted by molar-refractivity contribution is 0.0559. The minimum Gasteiger partial charge on any atom is -0.338 e. The van der Waals surface area contributed by atoms with E-state index in [9.17, 15) is 0 Å². The van der Waals surface area contributed by atoms with Gasteiger partial charge < -0.3 is 14.8 Å². The summed E-state index contributed by atoms with van der Waals surface area (Å²) in [6.07, 6.45) is 12.8. The van der Waals surface area contributed by atoms with Gasteiger partial charge in [0.15, 0.2) is 0 Å². The molecule has 0 radical (unpaired) electrons. The molecule has 1 aromatic rings. The molecule has 120 valence electrons. The van der Waals surface area contributed by atoms with Crippen molar-refractivity contribution in [2.75, 3.05) is 20.6 Å². The zero-order valence-corrected chi connectivity index (χ0v) is 14.2. The Morgan fingerprint density at radius 1 is 1.33 bits per heavy atom. The van der Waals surface area contributed by atoms with Crippen LogP contribution in [0.3, 0.4) is 0 Å². The van der Waals surface area contributed by atoms with Crippen molar-refractivity contribution in [3.8, 4) is 0 Å². The summed E-state index contributed by atoms with van der Waals surface area (Å²) in [4.78, 5) is 7.03. The second-order valence-corrected chi connectivity index (χ2v) is 6.72. The van der Waals surface area contributed by atoms with E-state index in [1.807, 2.05) is 6.20 Å². The molecule has 1 aromatic heterocycles. The summed E-state index contributed by atoms with van der Waals surface area (Å²) in [6.45, 7) is 3.33. The fourth-order valence-electron chi connectivity index (χ4n) is 3.82. The summed E-state index contributed by atoms with van der Waals surface area (Å²) in [7, 11) is 6.61. The fourth-order valence-corrected chi connectivity index (χ4v) is 3.82. The minimum atomic E-state index is 0.277. The van der Waals surface area contributed by atoms with Crippen molar-refractivity contribution >= 4 is 0 Å². The maximum absolute atomic E-state index is 4.55. The van der Waals surface area contributed by atoms with Gasteiger partial charge >= 0.3 is 0 Å². The largest absolute Gasteiger partial charge is 0.338 e. The zero-order chi connectivity index (χ0) is 15.3. The van der Waals surface area contributed by atoms with Crippen molar-refractivity contribution in [3.63, 3.8) is 0 Å². The van der Waals surface area contributed by atoms with Crippen LogP contribution in [-0.2, 0) is 13.5 Å². The van der Waals surface area contributed by atoms with Crippen LogP contribution in [0, 0.1) is 0 Å². The average Bonchev–Trinajstić information content (AvgIpc) is 2.89. The molecule has 0 spiro atoms. The van der Waals surface area contributed by atoms with Crippen molar-refractivity contribution in [2.45, 2.75) is 63.5 Å². The molecule has 0 bridgehead atoms. The van der Waals surface area contributed by atoms with Crippen molar-refractivity contribution in [1.82, 2.24) is 19.8 Å². The fraction of sp³-hybridized carbons (Fsp3) is 0.824. The average molecular weight is 292 g/mol. The summed E-state index contributed by atoms with van der Waals surface area (Å²) in [5, 5.41) is 3.83. The lowest BCUT2D eigenvalue weighted by atomic mass is 9.74. The van der Waals surface area contributed by atoms with Crippen LogP contribution in [-0.4, -0.2) is 46.7 Å². The number of rotatable bonds is 7. The lowest BCUT2D eigenvalue weighted by Gasteiger charge is -2.49. The predicted molar refractivity (Wildman–Crippen MR) is 88.5 cm³/mol. The van der Waals surface area contributed by atoms with E-state index in [-0.39, 0.29) is 5.54 Å². The number of likely N-dealkylation sites (N-methyl/N-ethyl adjacent to an activating group) is 1. The Morgan fingerprint density at radius 2 is 2.05 bits per heavy atom. The molecule has 4 heteroatoms. The summed E-state index contributed by atoms with van der Waals surface area (Å²) in [5.41, 5.74) is 0.277. The molecule has 1 aliphatic rings. The van der Waals surface area contributed by atoms with E-state index in [0.29, 0.717) is 6.04 Å². The van der Waals surface area contributed by atoms with Gasteiger partial charge in [0, 0.05) is 37.4 Å². The van der Waals surface area contributed by atoms with E-state index in [1.54, 1.807) is 0 Å². The van der Waals surface area contributed by atoms with Gasteiger partial charge in [0.1, 0.15) is 5.82 Å². The van der Waals surface area contributed by atoms with E-state index < -0.39 is 0 Å². The molecule has 2 rings (SSSR count). The third kappa shape index (κ3) is 3.67. The van der Waals surface area contributed by atoms with Gasteiger partial charge in [-0.25, -0.2) is 4.98 Å². The molecule has 1 unspecified atom stereocenters. The van der Waals surface area contributed by atoms with E-state index in [0.717, 1.165) is 13.0 Å². The van der Waals surface area contributed by atoms with Gasteiger partial charge in [0.2, 0.25) is 0 Å². The number of hydrogen-bond donors (Lipinski definition) is 1. The van der Waals surface area contributed by atoms with Crippen LogP contribution in [0.2, 0.25) is 0 Å². The summed E-state index contributed by atoms with van der Waals surface area (Å²) in [5.74, 6) is 1.19. The molecule has 0 amide bonds. The zero-order valence-electron chi connectivity index (χ0n) is 14.2. The Morgan fingerprint density at radius 3 is 2.57 bits per heavy atom. The van der Waals surface area contributed by atoms with Crippen LogP contribution < -0.4 is 5.32 Å². The Bertz CT molecular complexity index is 418. The van der Waals surface area contributed by atoms with E-state index in [2.05, 4.69) is 54.0 Å². The summed E-state index contributed by atoms with van der Waals surface area (Å²) >= 11 is 0. The number of hydrogen-bond acceptors (Lipinski definition) is 3. The molecule has 1 saturated carbocycles. The standard InChI is InChI=1S/C17H32N4/c1-5-11-18-15(14-16-19-12-13-21(16)4)17(20(2)3)9-7-6-8-10-17/h12-13,15,18H,5-11,14H2,1-4H3. The van der Waals surface area contributed by atoms with Crippen LogP contribution in [0.1, 0.15) is 51.3 Å². The first-order valence-corrected chi connectivity index (χ1v) is 8.47. The van der Waals surface area contributed by atoms with Crippen molar-refractivity contribution in [3.05, 3.63) is 18.2 Å². The topological polar surface area (TPSA) is 33.1 Å². The SMILES string of the molecule is CCCNC(Cc1nccn1C)C1(N(C)C)CCCCC1. The number of nitrogens with one attached hydrogen (secondary N) is 1. The minimum absolute atomic E-state index is 0.277. The molecule has 0 aliphatic heterocycles. The normalized spacial score (nSPS) is 19.9. The Labute approximate surface area is 129 Å². The predicted octanol–water partition coefficient (Wildman–Crippen LogP) is 2.60. The maximum Gasteiger partial charge on any atom is 0.109 e. The highest BCUT2D eigenvalue weighted by Crippen LogP contribution is 2.36. The summed E-state index contributed by atoms with van der Waals surface area (Å²) in [6, 6.07) is 0.480. The third-order valence-electron chi connectivity index (χ3n) is 5.21. The Hall–Kier alpha value is -0.870. The molecule has 1 aliphatic carbocycles. The molecule has 1 atom stereocenters. The quantitative estimate of drug-likeness (QED) is 0.838. The van der Waals surface area contributed by atoms with Crippen LogP contribution in [0.15, 0.2) is 12.4 Å². The number of imidazole rings is 1. The first kappa shape index (κ1) is 16.5. The smallest absolute Gasteiger partial charge is 0.109 e. The van der Waals surface area contributed by atoms with Crippen LogP contribution >= 0.6 is 0 Å². The van der Waals surface area contributed by atoms with Gasteiger partial charge in [-0.15, -0.1) is 0 Å². The van der Waals surface area contributed by atoms with Crippen LogP contribution in [0.4, 0.5) is 0 Å². The monoisotopic (exact) mass is 292 g/mol. The molecule has 1 heterocycles. The Balaban J connectivity index is 2.21. The van der Waals surface area contributed by atoms with Crippen molar-refractivity contribution < 1.29 is 0 Å². The van der Waals surface area contributed by atoms with Crippen molar-refractivity contribution in [2.24, 2.45) is 7.05 Å². The van der Waals surface area contributed by atoms with Gasteiger partial charge in [0.05, 0.1) is 0 Å². The van der Waals surface area contributed by atoms with Gasteiger partial charge in [-0.1, -0.05) is 26.2 Å². The van der Waals surface area contributed by atoms with Gasteiger partial charge in [-0.3, -0.25) is 0 Å². The van der Waals surface area contributed by atoms with Gasteiger partial charge in [-0.05, 0) is 39.9 Å². The highest BCUT2D eigenvalue weighted by molar-refractivity contribution is 5.06. The van der Waals surface area contributed by atoms with Crippen molar-refractivity contribution in [1.29, 1.82) is 0 Å². The van der Waals surface area contributed by atoms with E-state index in [4.69, 9.17) is 0 Å². The summed E-state index contributed by atoms with van der Waals surface area (Å²) < 4.78 is 2.16. The third-order valence-corrected chi connectivity index (χ3v) is 5.21. The van der Waals surface area contributed by atoms with Gasteiger partial charge in [-0.2, -0.15) is 0 Å². The van der Waals surface area contributed by atoms with Crippen LogP contribution in [0.5, 0.6) is 0 Å². The Kier molecular flexibility index (Phi) is 5.82. The molecule has 0 aromatic carbocycles. The number of aryl methyl sites for hydroxylation is 1. The molecule has 0 saturated heterocycles. The van der Waals surface area contributed by atoms with Crippen LogP contribution in [0.25, 0.3) is 0 Å². The molecule has 1 N–H and O–H groups in total. The molecular formula is C17H32N4. The first-order chi connectivity index (χ1) is 10.1. The molecule has 4 nitrogen and oxygen atoms in total. The second kappa shape index (κ2) is 7.41. The van der Waals surface area contributed by atoms with Gasteiger partial charge in [0.25, 0.3) is 0 Å². The highest BCUT2D eigenvalue weighted by Gasteiger charge is 2.41. The van der Waals surface area contributed by atoms with E-state index in [1.165, 1.54) is 44.3 Å². The molecular weight excluding hydrogens is 260 g/mol. The van der Waals surface area contributed by atoms with E-state index >= 15 is 0 Å². The highest BCUT2D eigenvalue weighted by atomic mass is 15.2. The lowest BCUT2D eigenvalue weighted by Crippen LogP contribution is -2.61. The molecule has 1 fully saturated rings. The maximum atomic E-state index is 4.55. The second-order valence-electron chi connectivity index (χ2n) is 6.72. The number of nitrogens with zero attached hydrogens (tertiary/aromatic N) is 3. The number of aromatic nitrogens is 2. The first-order valence-electron chi connectivity index (χ1n) is 8.47. The molecule has 21 heavy (non-hydrogen) atoms.